The van der Waals surface area contributed by atoms with Crippen LogP contribution in [-0.4, -0.2) is 16.9 Å². The molecular weight excluding hydrogens is 192 g/mol. The van der Waals surface area contributed by atoms with E-state index in [0.29, 0.717) is 18.4 Å². The fourth-order valence-electron chi connectivity index (χ4n) is 1.42. The van der Waals surface area contributed by atoms with Crippen LogP contribution in [0.25, 0.3) is 0 Å². The van der Waals surface area contributed by atoms with Crippen molar-refractivity contribution in [3.63, 3.8) is 0 Å². The molecule has 0 unspecified atom stereocenters. The minimum absolute atomic E-state index is 0.150. The molecule has 0 radical (unpaired) electrons. The van der Waals surface area contributed by atoms with Crippen molar-refractivity contribution >= 4 is 11.8 Å². The third-order valence-corrected chi connectivity index (χ3v) is 2.34. The van der Waals surface area contributed by atoms with E-state index in [2.05, 4.69) is 0 Å². The van der Waals surface area contributed by atoms with Crippen LogP contribution in [0, 0.1) is 6.92 Å². The van der Waals surface area contributed by atoms with Crippen LogP contribution in [0.1, 0.15) is 34.8 Å². The molecule has 0 aliphatic carbocycles. The van der Waals surface area contributed by atoms with Crippen molar-refractivity contribution in [2.45, 2.75) is 26.7 Å². The quantitative estimate of drug-likeness (QED) is 0.821. The first-order valence-electron chi connectivity index (χ1n) is 4.83. The number of ketones is 1. The molecule has 15 heavy (non-hydrogen) atoms. The standard InChI is InChI=1S/C12H14O3/c1-8-7-11(12(14)15)6-5-10(8)4-3-9(2)13/h5-7H,3-4H2,1-2H3,(H,14,15). The van der Waals surface area contributed by atoms with Gasteiger partial charge in [-0.25, -0.2) is 4.79 Å². The maximum atomic E-state index is 10.8. The lowest BCUT2D eigenvalue weighted by Gasteiger charge is -2.05. The summed E-state index contributed by atoms with van der Waals surface area (Å²) >= 11 is 0. The fourth-order valence-corrected chi connectivity index (χ4v) is 1.42. The first kappa shape index (κ1) is 11.4. The van der Waals surface area contributed by atoms with E-state index >= 15 is 0 Å². The van der Waals surface area contributed by atoms with Crippen molar-refractivity contribution in [3.8, 4) is 0 Å². The van der Waals surface area contributed by atoms with E-state index in [4.69, 9.17) is 5.11 Å². The highest BCUT2D eigenvalue weighted by Gasteiger charge is 2.06. The average molecular weight is 206 g/mol. The fraction of sp³-hybridized carbons (Fsp3) is 0.333. The van der Waals surface area contributed by atoms with Crippen LogP contribution in [0.2, 0.25) is 0 Å². The molecular formula is C12H14O3. The zero-order valence-electron chi connectivity index (χ0n) is 8.91. The molecule has 0 saturated heterocycles. The maximum absolute atomic E-state index is 10.8. The van der Waals surface area contributed by atoms with Crippen molar-refractivity contribution in [1.29, 1.82) is 0 Å². The molecule has 0 heterocycles. The molecule has 0 aliphatic rings. The van der Waals surface area contributed by atoms with Gasteiger partial charge in [0, 0.05) is 6.42 Å². The topological polar surface area (TPSA) is 54.4 Å². The Morgan fingerprint density at radius 1 is 1.33 bits per heavy atom. The van der Waals surface area contributed by atoms with Gasteiger partial charge >= 0.3 is 5.97 Å². The summed E-state index contributed by atoms with van der Waals surface area (Å²) in [6.45, 7) is 3.42. The Morgan fingerprint density at radius 2 is 2.00 bits per heavy atom. The second-order valence-electron chi connectivity index (χ2n) is 3.65. The van der Waals surface area contributed by atoms with Gasteiger partial charge in [0.2, 0.25) is 0 Å². The van der Waals surface area contributed by atoms with Crippen molar-refractivity contribution in [3.05, 3.63) is 34.9 Å². The number of rotatable bonds is 4. The van der Waals surface area contributed by atoms with Gasteiger partial charge in [0.15, 0.2) is 0 Å². The summed E-state index contributed by atoms with van der Waals surface area (Å²) in [4.78, 5) is 21.5. The summed E-state index contributed by atoms with van der Waals surface area (Å²) in [7, 11) is 0. The Morgan fingerprint density at radius 3 is 2.47 bits per heavy atom. The van der Waals surface area contributed by atoms with Gasteiger partial charge < -0.3 is 9.90 Å². The monoisotopic (exact) mass is 206 g/mol. The molecule has 0 spiro atoms. The van der Waals surface area contributed by atoms with Crippen LogP contribution >= 0.6 is 0 Å². The molecule has 1 N–H and O–H groups in total. The predicted molar refractivity (Wildman–Crippen MR) is 57.1 cm³/mol. The van der Waals surface area contributed by atoms with Gasteiger partial charge in [0.25, 0.3) is 0 Å². The van der Waals surface area contributed by atoms with E-state index in [0.717, 1.165) is 11.1 Å². The maximum Gasteiger partial charge on any atom is 0.335 e. The van der Waals surface area contributed by atoms with Crippen LogP contribution in [-0.2, 0) is 11.2 Å². The number of aryl methyl sites for hydroxylation is 2. The highest BCUT2D eigenvalue weighted by atomic mass is 16.4. The van der Waals surface area contributed by atoms with Crippen LogP contribution < -0.4 is 0 Å². The minimum atomic E-state index is -0.920. The number of carboxylic acid groups (broad SMARTS) is 1. The predicted octanol–water partition coefficient (Wildman–Crippen LogP) is 2.21. The first-order valence-corrected chi connectivity index (χ1v) is 4.83. The number of benzene rings is 1. The Bertz CT molecular complexity index is 394. The number of aromatic carboxylic acids is 1. The van der Waals surface area contributed by atoms with Gasteiger partial charge in [0.1, 0.15) is 5.78 Å². The van der Waals surface area contributed by atoms with Crippen molar-refractivity contribution in [2.24, 2.45) is 0 Å². The van der Waals surface area contributed by atoms with E-state index in [9.17, 15) is 9.59 Å². The first-order chi connectivity index (χ1) is 7.00. The molecule has 1 aromatic carbocycles. The summed E-state index contributed by atoms with van der Waals surface area (Å²) in [6, 6.07) is 4.99. The summed E-state index contributed by atoms with van der Waals surface area (Å²) in [5, 5.41) is 8.76. The number of Topliss-reactive ketones (excluding diaryl/α,β-unsaturated/α-hetero) is 1. The molecule has 0 fully saturated rings. The molecule has 3 heteroatoms. The molecule has 0 saturated carbocycles. The van der Waals surface area contributed by atoms with Gasteiger partial charge in [-0.1, -0.05) is 6.07 Å². The van der Waals surface area contributed by atoms with Gasteiger partial charge in [0.05, 0.1) is 5.56 Å². The van der Waals surface area contributed by atoms with E-state index < -0.39 is 5.97 Å². The Kier molecular flexibility index (Phi) is 3.61. The largest absolute Gasteiger partial charge is 0.478 e. The van der Waals surface area contributed by atoms with Crippen LogP contribution in [0.5, 0.6) is 0 Å². The summed E-state index contributed by atoms with van der Waals surface area (Å²) in [5.41, 5.74) is 2.26. The molecule has 80 valence electrons. The molecule has 1 rings (SSSR count). The van der Waals surface area contributed by atoms with Crippen LogP contribution in [0.15, 0.2) is 18.2 Å². The van der Waals surface area contributed by atoms with Gasteiger partial charge in [-0.2, -0.15) is 0 Å². The average Bonchev–Trinajstić information content (AvgIpc) is 2.15. The second-order valence-corrected chi connectivity index (χ2v) is 3.65. The van der Waals surface area contributed by atoms with E-state index in [1.54, 1.807) is 25.1 Å². The number of carboxylic acids is 1. The number of hydrogen-bond donors (Lipinski definition) is 1. The second kappa shape index (κ2) is 4.73. The molecule has 0 aromatic heterocycles. The van der Waals surface area contributed by atoms with Gasteiger partial charge in [-0.15, -0.1) is 0 Å². The Labute approximate surface area is 88.7 Å². The molecule has 0 aliphatic heterocycles. The van der Waals surface area contributed by atoms with E-state index in [1.807, 2.05) is 6.92 Å². The van der Waals surface area contributed by atoms with E-state index in [-0.39, 0.29) is 5.78 Å². The summed E-state index contributed by atoms with van der Waals surface area (Å²) in [5.74, 6) is -0.770. The van der Waals surface area contributed by atoms with Gasteiger partial charge in [-0.3, -0.25) is 0 Å². The lowest BCUT2D eigenvalue weighted by Crippen LogP contribution is -2.00. The van der Waals surface area contributed by atoms with Crippen LogP contribution in [0.3, 0.4) is 0 Å². The normalized spacial score (nSPS) is 10.0. The van der Waals surface area contributed by atoms with E-state index in [1.165, 1.54) is 0 Å². The van der Waals surface area contributed by atoms with Crippen molar-refractivity contribution in [1.82, 2.24) is 0 Å². The SMILES string of the molecule is CC(=O)CCc1ccc(C(=O)O)cc1C. The zero-order chi connectivity index (χ0) is 11.4. The summed E-state index contributed by atoms with van der Waals surface area (Å²) in [6.07, 6.45) is 1.19. The van der Waals surface area contributed by atoms with Crippen molar-refractivity contribution in [2.75, 3.05) is 0 Å². The molecule has 0 bridgehead atoms. The molecule has 0 amide bonds. The third kappa shape index (κ3) is 3.20. The number of carbonyl (C=O) groups excluding carboxylic acids is 1. The lowest BCUT2D eigenvalue weighted by atomic mass is 10.0. The molecule has 0 atom stereocenters. The zero-order valence-corrected chi connectivity index (χ0v) is 8.91. The summed E-state index contributed by atoms with van der Waals surface area (Å²) < 4.78 is 0. The number of carbonyl (C=O) groups is 2. The van der Waals surface area contributed by atoms with Crippen LogP contribution in [0.4, 0.5) is 0 Å². The molecule has 1 aromatic rings. The highest BCUT2D eigenvalue weighted by Crippen LogP contribution is 2.13. The Hall–Kier alpha value is -1.64. The van der Waals surface area contributed by atoms with Crippen molar-refractivity contribution < 1.29 is 14.7 Å². The smallest absolute Gasteiger partial charge is 0.335 e. The lowest BCUT2D eigenvalue weighted by molar-refractivity contribution is -0.116. The minimum Gasteiger partial charge on any atom is -0.478 e. The Balaban J connectivity index is 2.83. The number of hydrogen-bond acceptors (Lipinski definition) is 2. The highest BCUT2D eigenvalue weighted by molar-refractivity contribution is 5.87. The van der Waals surface area contributed by atoms with Gasteiger partial charge in [-0.05, 0) is 43.5 Å². The molecule has 3 nitrogen and oxygen atoms in total. The third-order valence-electron chi connectivity index (χ3n) is 2.34.